The largest absolute Gasteiger partial charge is 0.391 e. The van der Waals surface area contributed by atoms with Crippen LogP contribution in [0.4, 0.5) is 10.6 Å². The maximum Gasteiger partial charge on any atom is 0.320 e. The maximum atomic E-state index is 12.2. The standard InChI is InChI=1S/C16H21N5O2/c1-11-6-8-17-15(10-11)21-14(7-9-18-21)20-16(23)19-12-4-2-3-5-13(12)22/h6-10,12-13,22H,2-5H2,1H3,(H2,19,20,23)/t12-,13-/m0/s1. The highest BCUT2D eigenvalue weighted by Crippen LogP contribution is 2.19. The molecule has 2 heterocycles. The van der Waals surface area contributed by atoms with E-state index in [2.05, 4.69) is 20.7 Å². The highest BCUT2D eigenvalue weighted by atomic mass is 16.3. The summed E-state index contributed by atoms with van der Waals surface area (Å²) in [5, 5.41) is 19.8. The Labute approximate surface area is 134 Å². The van der Waals surface area contributed by atoms with Crippen LogP contribution in [0.3, 0.4) is 0 Å². The van der Waals surface area contributed by atoms with Crippen molar-refractivity contribution in [1.82, 2.24) is 20.1 Å². The van der Waals surface area contributed by atoms with Crippen molar-refractivity contribution in [2.45, 2.75) is 44.8 Å². The highest BCUT2D eigenvalue weighted by molar-refractivity contribution is 5.88. The fourth-order valence-electron chi connectivity index (χ4n) is 2.82. The number of anilines is 1. The first-order valence-corrected chi connectivity index (χ1v) is 7.86. The van der Waals surface area contributed by atoms with E-state index in [1.165, 1.54) is 0 Å². The summed E-state index contributed by atoms with van der Waals surface area (Å²) >= 11 is 0. The lowest BCUT2D eigenvalue weighted by Gasteiger charge is -2.28. The Balaban J connectivity index is 1.69. The Morgan fingerprint density at radius 2 is 2.13 bits per heavy atom. The molecule has 1 aliphatic carbocycles. The van der Waals surface area contributed by atoms with Gasteiger partial charge in [0.1, 0.15) is 5.82 Å². The van der Waals surface area contributed by atoms with E-state index in [0.717, 1.165) is 31.2 Å². The van der Waals surface area contributed by atoms with Gasteiger partial charge in [-0.1, -0.05) is 12.8 Å². The van der Waals surface area contributed by atoms with E-state index >= 15 is 0 Å². The fraction of sp³-hybridized carbons (Fsp3) is 0.438. The van der Waals surface area contributed by atoms with Crippen LogP contribution in [0, 0.1) is 6.92 Å². The Hall–Kier alpha value is -2.41. The van der Waals surface area contributed by atoms with Crippen LogP contribution in [-0.2, 0) is 0 Å². The second kappa shape index (κ2) is 6.78. The second-order valence-electron chi connectivity index (χ2n) is 5.88. The number of urea groups is 1. The molecule has 2 atom stereocenters. The van der Waals surface area contributed by atoms with Gasteiger partial charge in [-0.3, -0.25) is 5.32 Å². The predicted octanol–water partition coefficient (Wildman–Crippen LogP) is 2.00. The zero-order valence-corrected chi connectivity index (χ0v) is 13.1. The summed E-state index contributed by atoms with van der Waals surface area (Å²) in [6, 6.07) is 4.96. The van der Waals surface area contributed by atoms with Crippen molar-refractivity contribution in [3.8, 4) is 5.82 Å². The smallest absolute Gasteiger partial charge is 0.320 e. The quantitative estimate of drug-likeness (QED) is 0.808. The first-order chi connectivity index (χ1) is 11.1. The van der Waals surface area contributed by atoms with Gasteiger partial charge in [-0.2, -0.15) is 9.78 Å². The number of pyridine rings is 1. The molecule has 0 spiro atoms. The van der Waals surface area contributed by atoms with Crippen LogP contribution in [0.5, 0.6) is 0 Å². The number of hydrogen-bond donors (Lipinski definition) is 3. The van der Waals surface area contributed by atoms with Gasteiger partial charge in [0.15, 0.2) is 5.82 Å². The van der Waals surface area contributed by atoms with E-state index in [0.29, 0.717) is 11.6 Å². The van der Waals surface area contributed by atoms with Crippen LogP contribution in [-0.4, -0.2) is 38.0 Å². The molecule has 2 aromatic rings. The third-order valence-electron chi connectivity index (χ3n) is 4.05. The van der Waals surface area contributed by atoms with E-state index in [1.54, 1.807) is 23.1 Å². The van der Waals surface area contributed by atoms with E-state index in [1.807, 2.05) is 19.1 Å². The number of carbonyl (C=O) groups is 1. The molecule has 0 aromatic carbocycles. The fourth-order valence-corrected chi connectivity index (χ4v) is 2.82. The van der Waals surface area contributed by atoms with E-state index < -0.39 is 6.10 Å². The summed E-state index contributed by atoms with van der Waals surface area (Å²) in [4.78, 5) is 16.4. The summed E-state index contributed by atoms with van der Waals surface area (Å²) in [5.41, 5.74) is 1.06. The monoisotopic (exact) mass is 315 g/mol. The van der Waals surface area contributed by atoms with Crippen LogP contribution in [0.1, 0.15) is 31.2 Å². The molecule has 122 valence electrons. The van der Waals surface area contributed by atoms with Crippen molar-refractivity contribution in [2.75, 3.05) is 5.32 Å². The average molecular weight is 315 g/mol. The SMILES string of the molecule is Cc1ccnc(-n2nccc2NC(=O)N[C@H]2CCCC[C@@H]2O)c1. The van der Waals surface area contributed by atoms with Crippen molar-refractivity contribution < 1.29 is 9.90 Å². The number of nitrogens with zero attached hydrogens (tertiary/aromatic N) is 3. The zero-order valence-electron chi connectivity index (χ0n) is 13.1. The van der Waals surface area contributed by atoms with E-state index in [-0.39, 0.29) is 12.1 Å². The zero-order chi connectivity index (χ0) is 16.2. The summed E-state index contributed by atoms with van der Waals surface area (Å²) < 4.78 is 1.57. The van der Waals surface area contributed by atoms with Gasteiger partial charge in [0, 0.05) is 12.3 Å². The van der Waals surface area contributed by atoms with Crippen LogP contribution in [0.25, 0.3) is 5.82 Å². The highest BCUT2D eigenvalue weighted by Gasteiger charge is 2.24. The first-order valence-electron chi connectivity index (χ1n) is 7.86. The van der Waals surface area contributed by atoms with Gasteiger partial charge in [0.2, 0.25) is 0 Å². The van der Waals surface area contributed by atoms with Crippen molar-refractivity contribution >= 4 is 11.8 Å². The third-order valence-corrected chi connectivity index (χ3v) is 4.05. The molecule has 2 amide bonds. The second-order valence-corrected chi connectivity index (χ2v) is 5.88. The number of nitrogens with one attached hydrogen (secondary N) is 2. The predicted molar refractivity (Wildman–Crippen MR) is 86.5 cm³/mol. The van der Waals surface area contributed by atoms with Gasteiger partial charge < -0.3 is 10.4 Å². The molecule has 3 N–H and O–H groups in total. The Morgan fingerprint density at radius 3 is 2.91 bits per heavy atom. The van der Waals surface area contributed by atoms with Gasteiger partial charge in [-0.05, 0) is 37.5 Å². The lowest BCUT2D eigenvalue weighted by molar-refractivity contribution is 0.0955. The first kappa shape index (κ1) is 15.5. The van der Waals surface area contributed by atoms with Crippen LogP contribution >= 0.6 is 0 Å². The van der Waals surface area contributed by atoms with Crippen LogP contribution < -0.4 is 10.6 Å². The lowest BCUT2D eigenvalue weighted by atomic mass is 9.93. The van der Waals surface area contributed by atoms with Crippen molar-refractivity contribution in [1.29, 1.82) is 0 Å². The van der Waals surface area contributed by atoms with Crippen molar-refractivity contribution in [3.63, 3.8) is 0 Å². The number of amides is 2. The van der Waals surface area contributed by atoms with E-state index in [9.17, 15) is 9.90 Å². The molecule has 0 aliphatic heterocycles. The number of hydrogen-bond acceptors (Lipinski definition) is 4. The lowest BCUT2D eigenvalue weighted by Crippen LogP contribution is -2.46. The molecule has 3 rings (SSSR count). The molecule has 0 saturated heterocycles. The molecular formula is C16H21N5O2. The summed E-state index contributed by atoms with van der Waals surface area (Å²) in [5.74, 6) is 1.17. The molecule has 1 aliphatic rings. The van der Waals surface area contributed by atoms with Gasteiger partial charge in [0.05, 0.1) is 18.3 Å². The Kier molecular flexibility index (Phi) is 4.57. The number of rotatable bonds is 3. The van der Waals surface area contributed by atoms with Gasteiger partial charge >= 0.3 is 6.03 Å². The maximum absolute atomic E-state index is 12.2. The minimum absolute atomic E-state index is 0.197. The molecule has 0 bridgehead atoms. The van der Waals surface area contributed by atoms with Gasteiger partial charge in [-0.25, -0.2) is 9.78 Å². The summed E-state index contributed by atoms with van der Waals surface area (Å²) in [6.45, 7) is 1.97. The van der Waals surface area contributed by atoms with Crippen LogP contribution in [0.15, 0.2) is 30.6 Å². The third kappa shape index (κ3) is 3.68. The van der Waals surface area contributed by atoms with Crippen LogP contribution in [0.2, 0.25) is 0 Å². The molecule has 1 saturated carbocycles. The molecule has 2 aromatic heterocycles. The normalized spacial score (nSPS) is 21.0. The molecule has 7 nitrogen and oxygen atoms in total. The van der Waals surface area contributed by atoms with Crippen molar-refractivity contribution in [2.24, 2.45) is 0 Å². The molecule has 0 radical (unpaired) electrons. The number of aliphatic hydroxyl groups excluding tert-OH is 1. The minimum Gasteiger partial charge on any atom is -0.391 e. The molecule has 1 fully saturated rings. The molecular weight excluding hydrogens is 294 g/mol. The average Bonchev–Trinajstić information content (AvgIpc) is 2.97. The molecule has 0 unspecified atom stereocenters. The number of aliphatic hydroxyl groups is 1. The Bertz CT molecular complexity index is 685. The number of aromatic nitrogens is 3. The molecule has 23 heavy (non-hydrogen) atoms. The van der Waals surface area contributed by atoms with Crippen molar-refractivity contribution in [3.05, 3.63) is 36.2 Å². The molecule has 7 heteroatoms. The topological polar surface area (TPSA) is 92.1 Å². The van der Waals surface area contributed by atoms with Gasteiger partial charge in [0.25, 0.3) is 0 Å². The minimum atomic E-state index is -0.474. The summed E-state index contributed by atoms with van der Waals surface area (Å²) in [7, 11) is 0. The van der Waals surface area contributed by atoms with E-state index in [4.69, 9.17) is 0 Å². The summed E-state index contributed by atoms with van der Waals surface area (Å²) in [6.07, 6.45) is 6.39. The number of aryl methyl sites for hydroxylation is 1. The Morgan fingerprint density at radius 1 is 1.30 bits per heavy atom. The number of carbonyl (C=O) groups excluding carboxylic acids is 1. The van der Waals surface area contributed by atoms with Gasteiger partial charge in [-0.15, -0.1) is 0 Å².